The Bertz CT molecular complexity index is 190. The van der Waals surface area contributed by atoms with Crippen molar-refractivity contribution >= 4 is 0 Å². The lowest BCUT2D eigenvalue weighted by Gasteiger charge is -2.44. The Labute approximate surface area is 94.0 Å². The number of piperidine rings is 1. The molecule has 2 N–H and O–H groups in total. The highest BCUT2D eigenvalue weighted by Gasteiger charge is 2.37. The van der Waals surface area contributed by atoms with E-state index in [0.29, 0.717) is 0 Å². The Morgan fingerprint density at radius 1 is 1.27 bits per heavy atom. The van der Waals surface area contributed by atoms with Crippen LogP contribution in [-0.4, -0.2) is 42.8 Å². The molecule has 0 aromatic carbocycles. The average molecular weight is 214 g/mol. The molecule has 1 heterocycles. The van der Waals surface area contributed by atoms with E-state index in [1.54, 1.807) is 0 Å². The van der Waals surface area contributed by atoms with Gasteiger partial charge in [0.2, 0.25) is 0 Å². The van der Waals surface area contributed by atoms with Crippen LogP contribution < -0.4 is 5.73 Å². The lowest BCUT2D eigenvalue weighted by molar-refractivity contribution is -0.156. The minimum absolute atomic E-state index is 0.0273. The molecule has 0 aromatic rings. The maximum absolute atomic E-state index is 6.25. The number of hydrogen-bond acceptors (Lipinski definition) is 3. The van der Waals surface area contributed by atoms with Gasteiger partial charge in [0.25, 0.3) is 0 Å². The molecule has 0 spiro atoms. The topological polar surface area (TPSA) is 38.5 Å². The van der Waals surface area contributed by atoms with Crippen LogP contribution in [0.2, 0.25) is 0 Å². The second-order valence-corrected chi connectivity index (χ2v) is 5.74. The summed E-state index contributed by atoms with van der Waals surface area (Å²) in [6.45, 7) is 9.35. The van der Waals surface area contributed by atoms with Gasteiger partial charge in [0.05, 0.1) is 11.2 Å². The van der Waals surface area contributed by atoms with Crippen LogP contribution in [0.15, 0.2) is 0 Å². The summed E-state index contributed by atoms with van der Waals surface area (Å²) in [4.78, 5) is 2.36. The number of nitrogens with zero attached hydrogens (tertiary/aromatic N) is 1. The van der Waals surface area contributed by atoms with Gasteiger partial charge in [0, 0.05) is 13.1 Å². The van der Waals surface area contributed by atoms with Gasteiger partial charge in [0.15, 0.2) is 0 Å². The molecule has 1 saturated heterocycles. The molecule has 0 aromatic heterocycles. The molecule has 0 radical (unpaired) electrons. The summed E-state index contributed by atoms with van der Waals surface area (Å²) in [7, 11) is 2.17. The van der Waals surface area contributed by atoms with Crippen LogP contribution in [0.4, 0.5) is 0 Å². The summed E-state index contributed by atoms with van der Waals surface area (Å²) in [5.41, 5.74) is 5.67. The first kappa shape index (κ1) is 12.9. The summed E-state index contributed by atoms with van der Waals surface area (Å²) in [5.74, 6) is 0. The van der Waals surface area contributed by atoms with Crippen molar-refractivity contribution in [3.8, 4) is 0 Å². The molecule has 0 aliphatic carbocycles. The maximum atomic E-state index is 6.25. The second kappa shape index (κ2) is 4.81. The van der Waals surface area contributed by atoms with E-state index in [9.17, 15) is 0 Å². The van der Waals surface area contributed by atoms with E-state index >= 15 is 0 Å². The Kier molecular flexibility index (Phi) is 4.15. The molecule has 1 fully saturated rings. The Morgan fingerprint density at radius 3 is 2.20 bits per heavy atom. The third-order valence-corrected chi connectivity index (χ3v) is 3.02. The highest BCUT2D eigenvalue weighted by atomic mass is 16.5. The number of likely N-dealkylation sites (tertiary alicyclic amines) is 1. The van der Waals surface area contributed by atoms with Gasteiger partial charge in [-0.2, -0.15) is 0 Å². The van der Waals surface area contributed by atoms with Gasteiger partial charge >= 0.3 is 0 Å². The molecule has 3 heteroatoms. The standard InChI is InChI=1S/C12H26N2O/c1-11(2,3)15-12(5-8-13)6-9-14(4)10-7-12/h5-10,13H2,1-4H3. The van der Waals surface area contributed by atoms with Gasteiger partial charge < -0.3 is 15.4 Å². The monoisotopic (exact) mass is 214 g/mol. The molecule has 0 saturated carbocycles. The van der Waals surface area contributed by atoms with E-state index in [1.165, 1.54) is 0 Å². The number of ether oxygens (including phenoxy) is 1. The molecule has 0 atom stereocenters. The predicted octanol–water partition coefficient (Wildman–Crippen LogP) is 1.61. The maximum Gasteiger partial charge on any atom is 0.0726 e. The van der Waals surface area contributed by atoms with E-state index < -0.39 is 0 Å². The summed E-state index contributed by atoms with van der Waals surface area (Å²) < 4.78 is 6.25. The van der Waals surface area contributed by atoms with Crippen molar-refractivity contribution < 1.29 is 4.74 Å². The summed E-state index contributed by atoms with van der Waals surface area (Å²) >= 11 is 0. The first-order valence-corrected chi connectivity index (χ1v) is 5.96. The zero-order chi connectivity index (χ0) is 11.5. The van der Waals surface area contributed by atoms with Crippen molar-refractivity contribution in [1.82, 2.24) is 4.90 Å². The molecular formula is C12H26N2O. The van der Waals surface area contributed by atoms with E-state index in [-0.39, 0.29) is 11.2 Å². The van der Waals surface area contributed by atoms with Gasteiger partial charge in [-0.05, 0) is 53.6 Å². The van der Waals surface area contributed by atoms with Crippen LogP contribution >= 0.6 is 0 Å². The van der Waals surface area contributed by atoms with Gasteiger partial charge in [-0.15, -0.1) is 0 Å². The third kappa shape index (κ3) is 4.09. The van der Waals surface area contributed by atoms with Gasteiger partial charge in [-0.1, -0.05) is 0 Å². The molecule has 1 aliphatic heterocycles. The Morgan fingerprint density at radius 2 is 1.80 bits per heavy atom. The Hall–Kier alpha value is -0.120. The fourth-order valence-corrected chi connectivity index (χ4v) is 2.34. The molecule has 15 heavy (non-hydrogen) atoms. The molecule has 0 bridgehead atoms. The quantitative estimate of drug-likeness (QED) is 0.776. The fourth-order valence-electron chi connectivity index (χ4n) is 2.34. The summed E-state index contributed by atoms with van der Waals surface area (Å²) in [6, 6.07) is 0. The van der Waals surface area contributed by atoms with E-state index in [2.05, 4.69) is 32.7 Å². The smallest absolute Gasteiger partial charge is 0.0726 e. The highest BCUT2D eigenvalue weighted by Crippen LogP contribution is 2.33. The van der Waals surface area contributed by atoms with Crippen molar-refractivity contribution in [3.63, 3.8) is 0 Å². The lowest BCUT2D eigenvalue weighted by Crippen LogP contribution is -2.49. The SMILES string of the molecule is CN1CCC(CCN)(OC(C)(C)C)CC1. The van der Waals surface area contributed by atoms with Crippen molar-refractivity contribution in [2.75, 3.05) is 26.7 Å². The molecule has 0 unspecified atom stereocenters. The van der Waals surface area contributed by atoms with Crippen molar-refractivity contribution in [1.29, 1.82) is 0 Å². The van der Waals surface area contributed by atoms with Crippen LogP contribution in [0.1, 0.15) is 40.0 Å². The highest BCUT2D eigenvalue weighted by molar-refractivity contribution is 4.89. The molecule has 1 aliphatic rings. The molecular weight excluding hydrogens is 188 g/mol. The third-order valence-electron chi connectivity index (χ3n) is 3.02. The molecule has 1 rings (SSSR count). The van der Waals surface area contributed by atoms with Crippen LogP contribution in [-0.2, 0) is 4.74 Å². The number of nitrogens with two attached hydrogens (primary N) is 1. The van der Waals surface area contributed by atoms with Crippen molar-refractivity contribution in [2.45, 2.75) is 51.2 Å². The van der Waals surface area contributed by atoms with E-state index in [4.69, 9.17) is 10.5 Å². The van der Waals surface area contributed by atoms with Gasteiger partial charge in [-0.3, -0.25) is 0 Å². The van der Waals surface area contributed by atoms with Gasteiger partial charge in [-0.25, -0.2) is 0 Å². The van der Waals surface area contributed by atoms with Crippen LogP contribution in [0.3, 0.4) is 0 Å². The zero-order valence-electron chi connectivity index (χ0n) is 10.7. The minimum atomic E-state index is -0.0644. The molecule has 3 nitrogen and oxygen atoms in total. The average Bonchev–Trinajstić information content (AvgIpc) is 2.08. The predicted molar refractivity (Wildman–Crippen MR) is 64.0 cm³/mol. The largest absolute Gasteiger partial charge is 0.369 e. The number of hydrogen-bond donors (Lipinski definition) is 1. The first-order chi connectivity index (χ1) is 6.87. The molecule has 0 amide bonds. The van der Waals surface area contributed by atoms with Gasteiger partial charge in [0.1, 0.15) is 0 Å². The second-order valence-electron chi connectivity index (χ2n) is 5.74. The summed E-state index contributed by atoms with van der Waals surface area (Å²) in [5, 5.41) is 0. The number of rotatable bonds is 3. The first-order valence-electron chi connectivity index (χ1n) is 5.96. The van der Waals surface area contributed by atoms with E-state index in [1.807, 2.05) is 0 Å². The zero-order valence-corrected chi connectivity index (χ0v) is 10.7. The van der Waals surface area contributed by atoms with Crippen molar-refractivity contribution in [3.05, 3.63) is 0 Å². The minimum Gasteiger partial charge on any atom is -0.369 e. The van der Waals surface area contributed by atoms with Crippen LogP contribution in [0, 0.1) is 0 Å². The Balaban J connectivity index is 2.62. The summed E-state index contributed by atoms with van der Waals surface area (Å²) in [6.07, 6.45) is 3.20. The fraction of sp³-hybridized carbons (Fsp3) is 1.00. The van der Waals surface area contributed by atoms with Crippen molar-refractivity contribution in [2.24, 2.45) is 5.73 Å². The molecule has 90 valence electrons. The lowest BCUT2D eigenvalue weighted by atomic mass is 9.87. The van der Waals surface area contributed by atoms with Crippen LogP contribution in [0.5, 0.6) is 0 Å². The normalized spacial score (nSPS) is 23.0. The van der Waals surface area contributed by atoms with Crippen LogP contribution in [0.25, 0.3) is 0 Å². The van der Waals surface area contributed by atoms with E-state index in [0.717, 1.165) is 38.9 Å².